The number of ether oxygens (including phenoxy) is 1. The molecule has 1 unspecified atom stereocenters. The Morgan fingerprint density at radius 3 is 2.82 bits per heavy atom. The molecule has 0 radical (unpaired) electrons. The van der Waals surface area contributed by atoms with E-state index in [1.165, 1.54) is 6.20 Å². The van der Waals surface area contributed by atoms with Gasteiger partial charge < -0.3 is 15.0 Å². The summed E-state index contributed by atoms with van der Waals surface area (Å²) in [5, 5.41) is 20.5. The lowest BCUT2D eigenvalue weighted by atomic mass is 10.1. The zero-order valence-corrected chi connectivity index (χ0v) is 14.5. The molecule has 9 heteroatoms. The van der Waals surface area contributed by atoms with Gasteiger partial charge in [0.2, 0.25) is 0 Å². The third kappa shape index (κ3) is 3.32. The van der Waals surface area contributed by atoms with Crippen LogP contribution in [0.4, 0.5) is 8.78 Å². The number of nitrogens with zero attached hydrogens (tertiary/aromatic N) is 3. The average Bonchev–Trinajstić information content (AvgIpc) is 3.09. The summed E-state index contributed by atoms with van der Waals surface area (Å²) in [6, 6.07) is 9.16. The summed E-state index contributed by atoms with van der Waals surface area (Å²) in [5.74, 6) is 0.103. The quantitative estimate of drug-likeness (QED) is 0.822. The van der Waals surface area contributed by atoms with Gasteiger partial charge in [-0.1, -0.05) is 18.2 Å². The Bertz CT molecular complexity index is 1110. The van der Waals surface area contributed by atoms with Gasteiger partial charge in [0, 0.05) is 29.9 Å². The first-order chi connectivity index (χ1) is 13.5. The molecule has 4 rings (SSSR count). The van der Waals surface area contributed by atoms with Crippen LogP contribution in [0.1, 0.15) is 5.69 Å². The van der Waals surface area contributed by atoms with Crippen LogP contribution in [0.5, 0.6) is 0 Å². The van der Waals surface area contributed by atoms with Crippen molar-refractivity contribution in [3.8, 4) is 6.07 Å². The van der Waals surface area contributed by atoms with Crippen molar-refractivity contribution >= 4 is 10.8 Å². The van der Waals surface area contributed by atoms with Gasteiger partial charge in [-0.25, -0.2) is 13.9 Å². The second-order valence-electron chi connectivity index (χ2n) is 6.30. The zero-order valence-electron chi connectivity index (χ0n) is 14.5. The molecule has 142 valence electrons. The van der Waals surface area contributed by atoms with Crippen LogP contribution >= 0.6 is 0 Å². The number of aromatic amines is 1. The van der Waals surface area contributed by atoms with Crippen LogP contribution in [0, 0.1) is 11.3 Å². The van der Waals surface area contributed by atoms with E-state index < -0.39 is 13.0 Å². The topological polar surface area (TPSA) is 94.0 Å². The standard InChI is InChI=1S/C19H15F2N5O2/c20-17(21)10-28-16-9-26-8-12(23-18(26)5-11(16)7-22)6-15-13-3-1-2-4-14(13)19(27)25-24-15/h1-5,8-9,17-18,23H,6,10H2,(H,25,27). The first-order valence-electron chi connectivity index (χ1n) is 8.51. The van der Waals surface area contributed by atoms with Gasteiger partial charge in [-0.2, -0.15) is 10.4 Å². The van der Waals surface area contributed by atoms with E-state index in [2.05, 4.69) is 15.5 Å². The summed E-state index contributed by atoms with van der Waals surface area (Å²) in [7, 11) is 0. The molecule has 2 aromatic rings. The molecule has 0 saturated heterocycles. The zero-order chi connectivity index (χ0) is 19.7. The number of allylic oxidation sites excluding steroid dienone is 2. The predicted molar refractivity (Wildman–Crippen MR) is 96.6 cm³/mol. The van der Waals surface area contributed by atoms with Gasteiger partial charge in [-0.3, -0.25) is 4.79 Å². The van der Waals surface area contributed by atoms with Crippen molar-refractivity contribution in [3.63, 3.8) is 0 Å². The van der Waals surface area contributed by atoms with Crippen LogP contribution in [0.25, 0.3) is 10.8 Å². The van der Waals surface area contributed by atoms with E-state index in [1.54, 1.807) is 29.3 Å². The van der Waals surface area contributed by atoms with Crippen molar-refractivity contribution in [1.29, 1.82) is 5.26 Å². The summed E-state index contributed by atoms with van der Waals surface area (Å²) in [5.41, 5.74) is 1.43. The van der Waals surface area contributed by atoms with E-state index in [4.69, 9.17) is 4.74 Å². The molecule has 0 spiro atoms. The SMILES string of the molecule is N#CC1=CC2NC(Cc3n[nH]c(=O)c4ccccc34)=CN2C=C1OCC(F)F. The number of rotatable bonds is 5. The minimum Gasteiger partial charge on any atom is -0.485 e. The second kappa shape index (κ2) is 7.15. The maximum Gasteiger partial charge on any atom is 0.272 e. The van der Waals surface area contributed by atoms with Gasteiger partial charge in [0.25, 0.3) is 12.0 Å². The Balaban J connectivity index is 1.59. The Morgan fingerprint density at radius 2 is 2.07 bits per heavy atom. The number of alkyl halides is 2. The van der Waals surface area contributed by atoms with Gasteiger partial charge in [0.15, 0.2) is 5.76 Å². The van der Waals surface area contributed by atoms with Crippen LogP contribution in [0.3, 0.4) is 0 Å². The molecule has 1 atom stereocenters. The average molecular weight is 383 g/mol. The minimum atomic E-state index is -2.62. The molecule has 1 aromatic heterocycles. The lowest BCUT2D eigenvalue weighted by Crippen LogP contribution is -2.34. The highest BCUT2D eigenvalue weighted by Gasteiger charge is 2.28. The molecule has 3 heterocycles. The normalized spacial score (nSPS) is 18.1. The predicted octanol–water partition coefficient (Wildman–Crippen LogP) is 2.12. The van der Waals surface area contributed by atoms with Crippen molar-refractivity contribution in [1.82, 2.24) is 20.4 Å². The van der Waals surface area contributed by atoms with Crippen molar-refractivity contribution in [3.05, 3.63) is 75.8 Å². The maximum absolute atomic E-state index is 12.4. The number of H-pyrrole nitrogens is 1. The fourth-order valence-corrected chi connectivity index (χ4v) is 3.20. The van der Waals surface area contributed by atoms with E-state index in [0.717, 1.165) is 11.1 Å². The Hall–Kier alpha value is -3.67. The lowest BCUT2D eigenvalue weighted by molar-refractivity contribution is 0.0496. The number of halogens is 2. The lowest BCUT2D eigenvalue weighted by Gasteiger charge is -2.25. The second-order valence-corrected chi connectivity index (χ2v) is 6.30. The van der Waals surface area contributed by atoms with Crippen LogP contribution in [0.2, 0.25) is 0 Å². The molecule has 28 heavy (non-hydrogen) atoms. The van der Waals surface area contributed by atoms with Crippen molar-refractivity contribution in [2.45, 2.75) is 19.0 Å². The molecular weight excluding hydrogens is 368 g/mol. The fraction of sp³-hybridized carbons (Fsp3) is 0.211. The summed E-state index contributed by atoms with van der Waals surface area (Å²) in [4.78, 5) is 13.7. The monoisotopic (exact) mass is 383 g/mol. The van der Waals surface area contributed by atoms with Crippen LogP contribution in [-0.4, -0.2) is 34.3 Å². The molecule has 1 aromatic carbocycles. The molecule has 2 aliphatic rings. The molecule has 2 aliphatic heterocycles. The number of nitriles is 1. The molecule has 0 bridgehead atoms. The van der Waals surface area contributed by atoms with Gasteiger partial charge in [0.1, 0.15) is 18.8 Å². The van der Waals surface area contributed by atoms with Crippen molar-refractivity contribution in [2.75, 3.05) is 6.61 Å². The Labute approximate surface area is 158 Å². The van der Waals surface area contributed by atoms with Gasteiger partial charge >= 0.3 is 0 Å². The first kappa shape index (κ1) is 17.7. The summed E-state index contributed by atoms with van der Waals surface area (Å²) in [6.45, 7) is -0.777. The summed E-state index contributed by atoms with van der Waals surface area (Å²) >= 11 is 0. The van der Waals surface area contributed by atoms with Crippen LogP contribution < -0.4 is 10.9 Å². The molecule has 0 saturated carbocycles. The molecule has 0 aliphatic carbocycles. The van der Waals surface area contributed by atoms with E-state index in [9.17, 15) is 18.8 Å². The van der Waals surface area contributed by atoms with Crippen molar-refractivity contribution in [2.24, 2.45) is 0 Å². The highest BCUT2D eigenvalue weighted by molar-refractivity contribution is 5.83. The molecule has 7 nitrogen and oxygen atoms in total. The number of nitrogens with one attached hydrogen (secondary N) is 2. The van der Waals surface area contributed by atoms with Gasteiger partial charge in [0.05, 0.1) is 16.7 Å². The third-order valence-corrected chi connectivity index (χ3v) is 4.43. The largest absolute Gasteiger partial charge is 0.485 e. The molecular formula is C19H15F2N5O2. The van der Waals surface area contributed by atoms with Gasteiger partial charge in [-0.05, 0) is 12.1 Å². The maximum atomic E-state index is 12.4. The van der Waals surface area contributed by atoms with E-state index in [-0.39, 0.29) is 23.1 Å². The van der Waals surface area contributed by atoms with E-state index in [0.29, 0.717) is 17.5 Å². The molecule has 2 N–H and O–H groups in total. The fourth-order valence-electron chi connectivity index (χ4n) is 3.20. The Kier molecular flexibility index (Phi) is 4.53. The highest BCUT2D eigenvalue weighted by atomic mass is 19.3. The highest BCUT2D eigenvalue weighted by Crippen LogP contribution is 2.27. The number of hydrogen-bond donors (Lipinski definition) is 2. The van der Waals surface area contributed by atoms with E-state index >= 15 is 0 Å². The Morgan fingerprint density at radius 1 is 1.29 bits per heavy atom. The summed E-state index contributed by atoms with van der Waals surface area (Å²) in [6.07, 6.45) is 2.40. The smallest absolute Gasteiger partial charge is 0.272 e. The van der Waals surface area contributed by atoms with Gasteiger partial charge in [-0.15, -0.1) is 0 Å². The molecule has 0 amide bonds. The van der Waals surface area contributed by atoms with Crippen LogP contribution in [0.15, 0.2) is 64.6 Å². The van der Waals surface area contributed by atoms with Crippen molar-refractivity contribution < 1.29 is 13.5 Å². The molecule has 0 fully saturated rings. The minimum absolute atomic E-state index is 0.103. The summed E-state index contributed by atoms with van der Waals surface area (Å²) < 4.78 is 29.9. The number of aromatic nitrogens is 2. The number of fused-ring (bicyclic) bond motifs is 2. The van der Waals surface area contributed by atoms with Crippen LogP contribution in [-0.2, 0) is 11.2 Å². The first-order valence-corrected chi connectivity index (χ1v) is 8.51. The van der Waals surface area contributed by atoms with E-state index in [1.807, 2.05) is 18.2 Å². The third-order valence-electron chi connectivity index (χ3n) is 4.43. The number of benzene rings is 1. The number of hydrogen-bond acceptors (Lipinski definition) is 6.